The molecule has 0 radical (unpaired) electrons. The summed E-state index contributed by atoms with van der Waals surface area (Å²) in [6, 6.07) is 0. The Kier molecular flexibility index (Phi) is 42.9. The normalized spacial score (nSPS) is 20.1. The van der Waals surface area contributed by atoms with Crippen LogP contribution in [0.25, 0.3) is 0 Å². The molecule has 0 aromatic heterocycles. The highest BCUT2D eigenvalue weighted by atomic mass is 32.3. The Morgan fingerprint density at radius 3 is 1.44 bits per heavy atom. The third-order valence-corrected chi connectivity index (χ3v) is 11.5. The lowest BCUT2D eigenvalue weighted by molar-refractivity contribution is -0.301. The molecule has 0 aromatic rings. The van der Waals surface area contributed by atoms with Crippen LogP contribution in [0.15, 0.2) is 122 Å². The molecular weight excluding hydrogens is 909 g/mol. The monoisotopic (exact) mass is 1000 g/mol. The predicted octanol–water partition coefficient (Wildman–Crippen LogP) is 12.5. The molecule has 13 heteroatoms. The molecule has 70 heavy (non-hydrogen) atoms. The van der Waals surface area contributed by atoms with Gasteiger partial charge in [-0.3, -0.25) is 9.35 Å². The molecule has 1 fully saturated rings. The number of carbonyl (C=O) groups is 1. The van der Waals surface area contributed by atoms with Crippen LogP contribution in [0.1, 0.15) is 168 Å². The number of unbranched alkanes of at least 4 members (excludes halogenated alkanes) is 11. The topological polar surface area (TPSA) is 178 Å². The first-order valence-electron chi connectivity index (χ1n) is 26.3. The van der Waals surface area contributed by atoms with Crippen LogP contribution in [0.2, 0.25) is 0 Å². The van der Waals surface area contributed by atoms with Crippen LogP contribution >= 0.6 is 0 Å². The van der Waals surface area contributed by atoms with Crippen LogP contribution in [0.3, 0.4) is 0 Å². The van der Waals surface area contributed by atoms with Gasteiger partial charge in [-0.1, -0.05) is 180 Å². The van der Waals surface area contributed by atoms with Crippen molar-refractivity contribution in [3.63, 3.8) is 0 Å². The number of rotatable bonds is 44. The van der Waals surface area contributed by atoms with E-state index in [2.05, 4.69) is 133 Å². The number of ether oxygens (including phenoxy) is 4. The highest BCUT2D eigenvalue weighted by Gasteiger charge is 2.48. The lowest BCUT2D eigenvalue weighted by Gasteiger charge is -2.41. The molecule has 0 spiro atoms. The molecule has 1 aliphatic heterocycles. The first-order valence-corrected chi connectivity index (χ1v) is 27.7. The van der Waals surface area contributed by atoms with Crippen molar-refractivity contribution in [3.8, 4) is 0 Å². The van der Waals surface area contributed by atoms with Gasteiger partial charge in [0.1, 0.15) is 30.5 Å². The second kappa shape index (κ2) is 46.6. The summed E-state index contributed by atoms with van der Waals surface area (Å²) in [6.07, 6.45) is 58.0. The van der Waals surface area contributed by atoms with E-state index in [0.717, 1.165) is 89.9 Å². The average molecular weight is 1000 g/mol. The van der Waals surface area contributed by atoms with Gasteiger partial charge in [0.05, 0.1) is 19.8 Å². The van der Waals surface area contributed by atoms with E-state index in [1.165, 1.54) is 44.9 Å². The zero-order chi connectivity index (χ0) is 51.0. The minimum absolute atomic E-state index is 0.00308. The third-order valence-electron chi connectivity index (χ3n) is 11.1. The van der Waals surface area contributed by atoms with E-state index < -0.39 is 59.8 Å². The Balaban J connectivity index is 2.43. The molecule has 0 aliphatic carbocycles. The van der Waals surface area contributed by atoms with E-state index in [0.29, 0.717) is 19.4 Å². The van der Waals surface area contributed by atoms with Gasteiger partial charge in [0.25, 0.3) is 0 Å². The zero-order valence-corrected chi connectivity index (χ0v) is 43.6. The molecule has 0 bridgehead atoms. The quantitative estimate of drug-likeness (QED) is 0.0197. The summed E-state index contributed by atoms with van der Waals surface area (Å²) in [4.78, 5) is 12.9. The summed E-state index contributed by atoms with van der Waals surface area (Å²) in [7, 11) is -5.08. The van der Waals surface area contributed by atoms with E-state index in [1.54, 1.807) is 0 Å². The summed E-state index contributed by atoms with van der Waals surface area (Å²) in [5.74, 6) is -0.465. The van der Waals surface area contributed by atoms with Gasteiger partial charge in [0, 0.05) is 13.0 Å². The van der Waals surface area contributed by atoms with Gasteiger partial charge in [-0.2, -0.15) is 8.42 Å². The van der Waals surface area contributed by atoms with Crippen molar-refractivity contribution in [2.24, 2.45) is 0 Å². The first-order chi connectivity index (χ1) is 34.1. The second-order valence-corrected chi connectivity index (χ2v) is 18.4. The number of hydrogen-bond acceptors (Lipinski definition) is 11. The fraction of sp³-hybridized carbons (Fsp3) is 0.632. The summed E-state index contributed by atoms with van der Waals surface area (Å²) in [5.41, 5.74) is 0. The van der Waals surface area contributed by atoms with E-state index in [1.807, 2.05) is 6.08 Å². The number of esters is 1. The highest BCUT2D eigenvalue weighted by molar-refractivity contribution is 7.80. The van der Waals surface area contributed by atoms with Crippen molar-refractivity contribution in [1.29, 1.82) is 0 Å². The van der Waals surface area contributed by atoms with Crippen LogP contribution < -0.4 is 0 Å². The smallest absolute Gasteiger partial charge is 0.397 e. The maximum atomic E-state index is 12.9. The van der Waals surface area contributed by atoms with Crippen molar-refractivity contribution in [1.82, 2.24) is 0 Å². The third kappa shape index (κ3) is 39.2. The molecule has 1 aliphatic rings. The largest absolute Gasteiger partial charge is 0.457 e. The standard InChI is InChI=1S/C57H92O12S/c1-3-5-7-9-11-13-15-17-19-21-23-25-26-27-28-30-32-34-36-38-40-42-44-46-53(59)67-51(50-66-57-55(61)56(69-70(62,63)64)54(60)52(48-58)68-57)49-65-47-45-43-41-39-37-35-33-31-29-24-22-20-18-16-14-12-10-8-6-4-2/h5,7,11-14,17-20,23-25,27-29,32,34,38,40,51-52,54-58,60-61H,3-4,6,8-10,15-16,21-22,26,30-31,33,35-37,39,41-50H2,1-2H3,(H,62,63,64)/b7-5-,13-11-,14-12-,19-17-,20-18-,25-23-,28-27-,29-24-,34-32-,40-38-. The van der Waals surface area contributed by atoms with E-state index in [9.17, 15) is 33.1 Å². The molecule has 1 heterocycles. The fourth-order valence-electron chi connectivity index (χ4n) is 7.14. The van der Waals surface area contributed by atoms with Crippen LogP contribution in [-0.4, -0.2) is 97.5 Å². The van der Waals surface area contributed by atoms with Gasteiger partial charge in [0.2, 0.25) is 0 Å². The molecule has 6 unspecified atom stereocenters. The second-order valence-electron chi connectivity index (χ2n) is 17.4. The molecule has 0 aromatic carbocycles. The Bertz CT molecular complexity index is 1670. The molecular formula is C57H92O12S. The number of carbonyl (C=O) groups excluding carboxylic acids is 1. The molecule has 0 saturated carbocycles. The first kappa shape index (κ1) is 64.5. The summed E-state index contributed by atoms with van der Waals surface area (Å²) < 4.78 is 59.2. The predicted molar refractivity (Wildman–Crippen MR) is 284 cm³/mol. The fourth-order valence-corrected chi connectivity index (χ4v) is 7.65. The maximum Gasteiger partial charge on any atom is 0.397 e. The lowest BCUT2D eigenvalue weighted by atomic mass is 9.99. The number of hydrogen-bond donors (Lipinski definition) is 4. The Morgan fingerprint density at radius 1 is 0.557 bits per heavy atom. The highest BCUT2D eigenvalue weighted by Crippen LogP contribution is 2.26. The Hall–Kier alpha value is -3.50. The van der Waals surface area contributed by atoms with Crippen molar-refractivity contribution in [2.45, 2.75) is 205 Å². The molecule has 12 nitrogen and oxygen atoms in total. The maximum absolute atomic E-state index is 12.9. The van der Waals surface area contributed by atoms with Crippen LogP contribution in [0.5, 0.6) is 0 Å². The van der Waals surface area contributed by atoms with Crippen LogP contribution in [-0.2, 0) is 38.3 Å². The SMILES string of the molecule is CC/C=C\C/C=C\C/C=C\C/C=C\C/C=C\C/C=C\C/C=C\CCCC(=O)OC(COCCCCCCCCC/C=C\C/C=C\C/C=C\CCCCC)COC1OC(CO)C(O)C(OS(=O)(=O)O)C1O. The zero-order valence-electron chi connectivity index (χ0n) is 42.8. The number of aliphatic hydroxyl groups is 3. The molecule has 1 rings (SSSR count). The van der Waals surface area contributed by atoms with Gasteiger partial charge < -0.3 is 34.3 Å². The van der Waals surface area contributed by atoms with Crippen molar-refractivity contribution < 1.29 is 56.2 Å². The Morgan fingerprint density at radius 2 is 0.986 bits per heavy atom. The van der Waals surface area contributed by atoms with E-state index >= 15 is 0 Å². The molecule has 0 amide bonds. The van der Waals surface area contributed by atoms with Crippen LogP contribution in [0, 0.1) is 0 Å². The van der Waals surface area contributed by atoms with Gasteiger partial charge in [0.15, 0.2) is 6.29 Å². The average Bonchev–Trinajstić information content (AvgIpc) is 3.34. The van der Waals surface area contributed by atoms with Crippen molar-refractivity contribution in [3.05, 3.63) is 122 Å². The van der Waals surface area contributed by atoms with E-state index in [4.69, 9.17) is 18.9 Å². The molecule has 6 atom stereocenters. The minimum Gasteiger partial charge on any atom is -0.457 e. The van der Waals surface area contributed by atoms with Gasteiger partial charge >= 0.3 is 16.4 Å². The number of aliphatic hydroxyl groups excluding tert-OH is 3. The van der Waals surface area contributed by atoms with E-state index in [-0.39, 0.29) is 19.6 Å². The summed E-state index contributed by atoms with van der Waals surface area (Å²) in [5, 5.41) is 30.8. The van der Waals surface area contributed by atoms with Gasteiger partial charge in [-0.15, -0.1) is 0 Å². The van der Waals surface area contributed by atoms with Crippen LogP contribution in [0.4, 0.5) is 0 Å². The van der Waals surface area contributed by atoms with Crippen molar-refractivity contribution in [2.75, 3.05) is 26.4 Å². The summed E-state index contributed by atoms with van der Waals surface area (Å²) >= 11 is 0. The minimum atomic E-state index is -5.08. The van der Waals surface area contributed by atoms with Crippen molar-refractivity contribution >= 4 is 16.4 Å². The molecule has 1 saturated heterocycles. The summed E-state index contributed by atoms with van der Waals surface area (Å²) in [6.45, 7) is 3.74. The Labute approximate surface area is 423 Å². The molecule has 4 N–H and O–H groups in total. The number of allylic oxidation sites excluding steroid dienone is 20. The van der Waals surface area contributed by atoms with Gasteiger partial charge in [-0.25, -0.2) is 4.18 Å². The van der Waals surface area contributed by atoms with Gasteiger partial charge in [-0.05, 0) is 103 Å². The lowest BCUT2D eigenvalue weighted by Crippen LogP contribution is -2.60. The molecule has 398 valence electrons.